The second-order valence-electron chi connectivity index (χ2n) is 8.23. The summed E-state index contributed by atoms with van der Waals surface area (Å²) in [5.41, 5.74) is -4.96. The van der Waals surface area contributed by atoms with Crippen molar-refractivity contribution in [3.8, 4) is 11.5 Å². The summed E-state index contributed by atoms with van der Waals surface area (Å²) >= 11 is -3.10. The van der Waals surface area contributed by atoms with Crippen LogP contribution in [0.15, 0.2) is 33.7 Å². The average Bonchev–Trinajstić information content (AvgIpc) is 3.19. The number of likely N-dealkylation sites (tertiary alicyclic amines) is 1. The van der Waals surface area contributed by atoms with Crippen LogP contribution in [0.25, 0.3) is 11.5 Å². The van der Waals surface area contributed by atoms with Crippen molar-refractivity contribution in [3.05, 3.63) is 30.1 Å². The van der Waals surface area contributed by atoms with Crippen LogP contribution < -0.4 is 0 Å². The molecule has 1 unspecified atom stereocenters. The van der Waals surface area contributed by atoms with Crippen molar-refractivity contribution in [2.45, 2.75) is 62.3 Å². The maximum Gasteiger partial charge on any atom is 0.578 e. The second kappa shape index (κ2) is 9.67. The lowest BCUT2D eigenvalue weighted by Gasteiger charge is -2.33. The fourth-order valence-corrected chi connectivity index (χ4v) is 3.66. The molecule has 1 aliphatic heterocycles. The maximum absolute atomic E-state index is 12.5. The molecule has 1 aliphatic rings. The lowest BCUT2D eigenvalue weighted by atomic mass is 10.1. The molecule has 1 amide bonds. The van der Waals surface area contributed by atoms with E-state index in [9.17, 15) is 22.5 Å². The molecule has 0 spiro atoms. The summed E-state index contributed by atoms with van der Waals surface area (Å²) in [5, 5.41) is 3.82. The summed E-state index contributed by atoms with van der Waals surface area (Å²) in [4.78, 5) is 17.6. The van der Waals surface area contributed by atoms with Gasteiger partial charge in [-0.2, -0.15) is 4.98 Å². The molecule has 0 bridgehead atoms. The topological polar surface area (TPSA) is 101 Å². The lowest BCUT2D eigenvalue weighted by molar-refractivity contribution is -0.0435. The van der Waals surface area contributed by atoms with E-state index in [2.05, 4.69) is 10.1 Å². The molecule has 0 aliphatic carbocycles. The largest absolute Gasteiger partial charge is 0.604 e. The Labute approximate surface area is 186 Å². The molecule has 176 valence electrons. The third-order valence-corrected chi connectivity index (χ3v) is 5.66. The highest BCUT2D eigenvalue weighted by Crippen LogP contribution is 2.31. The van der Waals surface area contributed by atoms with E-state index in [-0.39, 0.29) is 35.4 Å². The number of carbonyl (C=O) groups excluding carboxylic acids is 1. The van der Waals surface area contributed by atoms with Gasteiger partial charge in [0.2, 0.25) is 0 Å². The summed E-state index contributed by atoms with van der Waals surface area (Å²) < 4.78 is 65.3. The Balaban J connectivity index is 1.49. The standard InChI is InChI=1S/C20H24F3N3O5S/c1-19(2,3)30-18(27)26-10-8-14(9-11-26)29-12-16-24-17(31-25-16)13-4-6-15(7-5-13)32(28)20(21,22)23/h4-7,14H,8-12H2,1-3H3. The number of carbonyl (C=O) groups is 1. The van der Waals surface area contributed by atoms with Crippen molar-refractivity contribution >= 4 is 17.3 Å². The molecule has 1 aromatic heterocycles. The maximum atomic E-state index is 12.5. The van der Waals surface area contributed by atoms with Crippen molar-refractivity contribution in [1.82, 2.24) is 15.0 Å². The van der Waals surface area contributed by atoms with E-state index in [0.29, 0.717) is 31.5 Å². The summed E-state index contributed by atoms with van der Waals surface area (Å²) in [7, 11) is 0. The molecular weight excluding hydrogens is 451 g/mol. The first-order valence-electron chi connectivity index (χ1n) is 9.93. The van der Waals surface area contributed by atoms with Gasteiger partial charge >= 0.3 is 11.6 Å². The van der Waals surface area contributed by atoms with Crippen LogP contribution in [0.3, 0.4) is 0 Å². The highest BCUT2D eigenvalue weighted by atomic mass is 32.2. The molecule has 0 N–H and O–H groups in total. The molecule has 8 nitrogen and oxygen atoms in total. The quantitative estimate of drug-likeness (QED) is 0.595. The second-order valence-corrected chi connectivity index (χ2v) is 9.70. The number of aromatic nitrogens is 2. The van der Waals surface area contributed by atoms with E-state index in [1.54, 1.807) is 4.90 Å². The van der Waals surface area contributed by atoms with Crippen molar-refractivity contribution in [3.63, 3.8) is 0 Å². The van der Waals surface area contributed by atoms with Gasteiger partial charge in [0.25, 0.3) is 5.89 Å². The lowest BCUT2D eigenvalue weighted by Crippen LogP contribution is -2.43. The van der Waals surface area contributed by atoms with E-state index < -0.39 is 22.3 Å². The average molecular weight is 475 g/mol. The van der Waals surface area contributed by atoms with Gasteiger partial charge in [-0.15, -0.1) is 13.2 Å². The van der Waals surface area contributed by atoms with Crippen molar-refractivity contribution in [2.24, 2.45) is 0 Å². The number of alkyl halides is 3. The molecule has 1 fully saturated rings. The fourth-order valence-electron chi connectivity index (χ4n) is 3.01. The van der Waals surface area contributed by atoms with Crippen molar-refractivity contribution < 1.29 is 36.5 Å². The Morgan fingerprint density at radius 1 is 1.22 bits per heavy atom. The third-order valence-electron chi connectivity index (χ3n) is 4.54. The van der Waals surface area contributed by atoms with Gasteiger partial charge in [-0.1, -0.05) is 5.16 Å². The Morgan fingerprint density at radius 3 is 2.41 bits per heavy atom. The smallest absolute Gasteiger partial charge is 0.578 e. The Morgan fingerprint density at radius 2 is 1.84 bits per heavy atom. The van der Waals surface area contributed by atoms with Crippen LogP contribution in [0, 0.1) is 0 Å². The van der Waals surface area contributed by atoms with E-state index >= 15 is 0 Å². The molecule has 1 atom stereocenters. The normalized spacial score (nSPS) is 16.8. The SMILES string of the molecule is CC(C)(C)OC(=O)N1CCC(OCc2noc(-c3ccc([S+]([O-])C(F)(F)F)cc3)n2)CC1. The third kappa shape index (κ3) is 6.59. The van der Waals surface area contributed by atoms with Gasteiger partial charge in [0.15, 0.2) is 10.7 Å². The van der Waals surface area contributed by atoms with Crippen LogP contribution in [0.5, 0.6) is 0 Å². The number of hydrogen-bond donors (Lipinski definition) is 0. The highest BCUT2D eigenvalue weighted by Gasteiger charge is 2.46. The monoisotopic (exact) mass is 475 g/mol. The predicted octanol–water partition coefficient (Wildman–Crippen LogP) is 4.28. The van der Waals surface area contributed by atoms with Gasteiger partial charge in [0, 0.05) is 18.7 Å². The number of benzene rings is 1. The number of halogens is 3. The van der Waals surface area contributed by atoms with Crippen LogP contribution >= 0.6 is 0 Å². The van der Waals surface area contributed by atoms with Crippen molar-refractivity contribution in [2.75, 3.05) is 13.1 Å². The number of amides is 1. The first-order chi connectivity index (χ1) is 14.9. The Bertz CT molecular complexity index is 906. The Hall–Kier alpha value is -2.31. The molecule has 0 saturated carbocycles. The highest BCUT2D eigenvalue weighted by molar-refractivity contribution is 7.92. The molecule has 1 aromatic carbocycles. The minimum atomic E-state index is -4.82. The van der Waals surface area contributed by atoms with E-state index in [1.165, 1.54) is 12.1 Å². The molecule has 2 heterocycles. The summed E-state index contributed by atoms with van der Waals surface area (Å²) in [5.74, 6) is 0.408. The number of hydrogen-bond acceptors (Lipinski definition) is 7. The molecular formula is C20H24F3N3O5S. The zero-order chi connectivity index (χ0) is 23.5. The molecule has 32 heavy (non-hydrogen) atoms. The number of piperidine rings is 1. The number of ether oxygens (including phenoxy) is 2. The van der Waals surface area contributed by atoms with Crippen LogP contribution in [0.2, 0.25) is 0 Å². The minimum absolute atomic E-state index is 0.0766. The molecule has 1 saturated heterocycles. The molecule has 0 radical (unpaired) electrons. The van der Waals surface area contributed by atoms with Gasteiger partial charge in [-0.05, 0) is 57.9 Å². The van der Waals surface area contributed by atoms with Crippen molar-refractivity contribution in [1.29, 1.82) is 0 Å². The van der Waals surface area contributed by atoms with Crippen LogP contribution in [-0.4, -0.2) is 56.0 Å². The molecule has 2 aromatic rings. The van der Waals surface area contributed by atoms with Gasteiger partial charge in [-0.25, -0.2) is 4.79 Å². The van der Waals surface area contributed by atoms with Gasteiger partial charge in [0.05, 0.1) is 17.3 Å². The van der Waals surface area contributed by atoms with E-state index in [1.807, 2.05) is 20.8 Å². The van der Waals surface area contributed by atoms with E-state index in [0.717, 1.165) is 12.1 Å². The fraction of sp³-hybridized carbons (Fsp3) is 0.550. The zero-order valence-electron chi connectivity index (χ0n) is 17.8. The van der Waals surface area contributed by atoms with Crippen LogP contribution in [-0.2, 0) is 27.3 Å². The van der Waals surface area contributed by atoms with Crippen LogP contribution in [0.1, 0.15) is 39.4 Å². The van der Waals surface area contributed by atoms with Gasteiger partial charge in [0.1, 0.15) is 12.2 Å². The van der Waals surface area contributed by atoms with Crippen LogP contribution in [0.4, 0.5) is 18.0 Å². The van der Waals surface area contributed by atoms with Gasteiger partial charge in [-0.3, -0.25) is 0 Å². The minimum Gasteiger partial charge on any atom is -0.604 e. The van der Waals surface area contributed by atoms with E-state index in [4.69, 9.17) is 14.0 Å². The number of rotatable bonds is 5. The predicted molar refractivity (Wildman–Crippen MR) is 108 cm³/mol. The first kappa shape index (κ1) is 24.3. The summed E-state index contributed by atoms with van der Waals surface area (Å²) in [6.45, 7) is 6.58. The molecule has 12 heteroatoms. The summed E-state index contributed by atoms with van der Waals surface area (Å²) in [6.07, 6.45) is 0.861. The number of nitrogens with zero attached hydrogens (tertiary/aromatic N) is 3. The summed E-state index contributed by atoms with van der Waals surface area (Å²) in [6, 6.07) is 4.89. The zero-order valence-corrected chi connectivity index (χ0v) is 18.7. The molecule has 3 rings (SSSR count). The van der Waals surface area contributed by atoms with Gasteiger partial charge < -0.3 is 23.4 Å². The first-order valence-corrected chi connectivity index (χ1v) is 11.1. The Kier molecular flexibility index (Phi) is 7.36.